The lowest BCUT2D eigenvalue weighted by molar-refractivity contribution is -0.136. The SMILES string of the molecule is CCOc1nc(NC2CCC2)ncc1C(=O)NC1C2CC3CC1CC(O)(C3)C2. The van der Waals surface area contributed by atoms with Crippen LogP contribution in [0.2, 0.25) is 0 Å². The molecule has 152 valence electrons. The average Bonchev–Trinajstić information content (AvgIpc) is 2.60. The van der Waals surface area contributed by atoms with Gasteiger partial charge in [0.1, 0.15) is 5.56 Å². The van der Waals surface area contributed by atoms with Gasteiger partial charge in [0.15, 0.2) is 0 Å². The van der Waals surface area contributed by atoms with Crippen molar-refractivity contribution in [2.24, 2.45) is 17.8 Å². The number of aliphatic hydroxyl groups is 1. The van der Waals surface area contributed by atoms with Crippen LogP contribution in [0.15, 0.2) is 6.20 Å². The molecule has 1 aromatic rings. The molecule has 7 nitrogen and oxygen atoms in total. The number of rotatable bonds is 6. The zero-order valence-electron chi connectivity index (χ0n) is 16.5. The highest BCUT2D eigenvalue weighted by Crippen LogP contribution is 2.55. The molecule has 5 aliphatic carbocycles. The first kappa shape index (κ1) is 18.2. The molecule has 0 saturated heterocycles. The van der Waals surface area contributed by atoms with Gasteiger partial charge in [0.05, 0.1) is 12.2 Å². The Morgan fingerprint density at radius 1 is 1.29 bits per heavy atom. The van der Waals surface area contributed by atoms with E-state index in [1.807, 2.05) is 6.92 Å². The van der Waals surface area contributed by atoms with Gasteiger partial charge in [-0.2, -0.15) is 4.98 Å². The van der Waals surface area contributed by atoms with Crippen molar-refractivity contribution in [3.8, 4) is 5.88 Å². The van der Waals surface area contributed by atoms with E-state index in [-0.39, 0.29) is 11.9 Å². The predicted molar refractivity (Wildman–Crippen MR) is 104 cm³/mol. The molecule has 5 saturated carbocycles. The van der Waals surface area contributed by atoms with E-state index in [0.29, 0.717) is 47.8 Å². The molecule has 0 radical (unpaired) electrons. The summed E-state index contributed by atoms with van der Waals surface area (Å²) in [6.07, 6.45) is 9.87. The maximum absolute atomic E-state index is 13.1. The first-order chi connectivity index (χ1) is 13.5. The zero-order valence-corrected chi connectivity index (χ0v) is 16.5. The fourth-order valence-corrected chi connectivity index (χ4v) is 6.02. The van der Waals surface area contributed by atoms with Gasteiger partial charge < -0.3 is 20.5 Å². The minimum absolute atomic E-state index is 0.131. The van der Waals surface area contributed by atoms with Crippen molar-refractivity contribution in [1.82, 2.24) is 15.3 Å². The Morgan fingerprint density at radius 3 is 2.64 bits per heavy atom. The Hall–Kier alpha value is -1.89. The van der Waals surface area contributed by atoms with Crippen LogP contribution >= 0.6 is 0 Å². The number of amides is 1. The van der Waals surface area contributed by atoms with Crippen LogP contribution in [-0.2, 0) is 0 Å². The quantitative estimate of drug-likeness (QED) is 0.695. The average molecular weight is 386 g/mol. The number of anilines is 1. The molecular weight excluding hydrogens is 356 g/mol. The Labute approximate surface area is 165 Å². The van der Waals surface area contributed by atoms with Crippen LogP contribution in [0.5, 0.6) is 5.88 Å². The molecule has 3 N–H and O–H groups in total. The van der Waals surface area contributed by atoms with Crippen molar-refractivity contribution < 1.29 is 14.6 Å². The topological polar surface area (TPSA) is 96.4 Å². The summed E-state index contributed by atoms with van der Waals surface area (Å²) in [5.74, 6) is 2.08. The van der Waals surface area contributed by atoms with E-state index in [1.54, 1.807) is 6.20 Å². The van der Waals surface area contributed by atoms with Crippen LogP contribution in [0.25, 0.3) is 0 Å². The number of carbonyl (C=O) groups excluding carboxylic acids is 1. The molecule has 1 heterocycles. The summed E-state index contributed by atoms with van der Waals surface area (Å²) in [7, 11) is 0. The van der Waals surface area contributed by atoms with E-state index in [4.69, 9.17) is 4.74 Å². The van der Waals surface area contributed by atoms with Gasteiger partial charge >= 0.3 is 0 Å². The van der Waals surface area contributed by atoms with E-state index >= 15 is 0 Å². The lowest BCUT2D eigenvalue weighted by atomic mass is 9.52. The number of hydrogen-bond acceptors (Lipinski definition) is 6. The summed E-state index contributed by atoms with van der Waals surface area (Å²) in [5.41, 5.74) is -0.0971. The molecule has 2 unspecified atom stereocenters. The second kappa shape index (κ2) is 6.87. The molecule has 4 bridgehead atoms. The summed E-state index contributed by atoms with van der Waals surface area (Å²) in [6, 6.07) is 0.555. The summed E-state index contributed by atoms with van der Waals surface area (Å²) >= 11 is 0. The van der Waals surface area contributed by atoms with Crippen molar-refractivity contribution in [3.05, 3.63) is 11.8 Å². The Balaban J connectivity index is 1.32. The van der Waals surface area contributed by atoms with Crippen LogP contribution in [-0.4, -0.2) is 45.3 Å². The molecule has 7 heteroatoms. The van der Waals surface area contributed by atoms with Crippen molar-refractivity contribution in [1.29, 1.82) is 0 Å². The number of carbonyl (C=O) groups is 1. The van der Waals surface area contributed by atoms with Crippen LogP contribution in [0.3, 0.4) is 0 Å². The predicted octanol–water partition coefficient (Wildman–Crippen LogP) is 2.51. The molecule has 0 aromatic carbocycles. The number of aromatic nitrogens is 2. The molecule has 2 atom stereocenters. The molecule has 0 spiro atoms. The van der Waals surface area contributed by atoms with Crippen molar-refractivity contribution in [2.75, 3.05) is 11.9 Å². The number of ether oxygens (including phenoxy) is 1. The fourth-order valence-electron chi connectivity index (χ4n) is 6.02. The molecule has 28 heavy (non-hydrogen) atoms. The normalized spacial score (nSPS) is 36.1. The van der Waals surface area contributed by atoms with Crippen molar-refractivity contribution in [3.63, 3.8) is 0 Å². The van der Waals surface area contributed by atoms with Crippen LogP contribution in [0.4, 0.5) is 5.95 Å². The van der Waals surface area contributed by atoms with E-state index in [2.05, 4.69) is 20.6 Å². The van der Waals surface area contributed by atoms with Gasteiger partial charge in [-0.3, -0.25) is 4.79 Å². The highest BCUT2D eigenvalue weighted by Gasteiger charge is 2.55. The van der Waals surface area contributed by atoms with Crippen molar-refractivity contribution in [2.45, 2.75) is 76.0 Å². The van der Waals surface area contributed by atoms with Gasteiger partial charge in [-0.1, -0.05) is 0 Å². The third-order valence-corrected chi connectivity index (χ3v) is 7.26. The number of nitrogens with one attached hydrogen (secondary N) is 2. The molecule has 5 fully saturated rings. The molecule has 6 rings (SSSR count). The van der Waals surface area contributed by atoms with Crippen LogP contribution < -0.4 is 15.4 Å². The highest BCUT2D eigenvalue weighted by atomic mass is 16.5. The third kappa shape index (κ3) is 3.23. The highest BCUT2D eigenvalue weighted by molar-refractivity contribution is 5.96. The van der Waals surface area contributed by atoms with Crippen LogP contribution in [0, 0.1) is 17.8 Å². The van der Waals surface area contributed by atoms with Gasteiger partial charge in [0.25, 0.3) is 5.91 Å². The minimum Gasteiger partial charge on any atom is -0.477 e. The lowest BCUT2D eigenvalue weighted by Crippen LogP contribution is -2.61. The smallest absolute Gasteiger partial charge is 0.258 e. The largest absolute Gasteiger partial charge is 0.477 e. The van der Waals surface area contributed by atoms with E-state index in [0.717, 1.165) is 44.9 Å². The Morgan fingerprint density at radius 2 is 2.04 bits per heavy atom. The lowest BCUT2D eigenvalue weighted by Gasteiger charge is -2.58. The minimum atomic E-state index is -0.494. The Kier molecular flexibility index (Phi) is 4.45. The van der Waals surface area contributed by atoms with Gasteiger partial charge in [0, 0.05) is 18.3 Å². The summed E-state index contributed by atoms with van der Waals surface area (Å²) in [5, 5.41) is 17.3. The number of hydrogen-bond donors (Lipinski definition) is 3. The van der Waals surface area contributed by atoms with Gasteiger partial charge in [-0.25, -0.2) is 4.98 Å². The molecule has 0 aliphatic heterocycles. The Bertz CT molecular complexity index is 750. The summed E-state index contributed by atoms with van der Waals surface area (Å²) in [6.45, 7) is 2.34. The zero-order chi connectivity index (χ0) is 19.3. The molecule has 5 aliphatic rings. The molecule has 1 amide bonds. The number of nitrogens with zero attached hydrogens (tertiary/aromatic N) is 2. The van der Waals surface area contributed by atoms with Gasteiger partial charge in [0.2, 0.25) is 11.8 Å². The fraction of sp³-hybridized carbons (Fsp3) is 0.762. The van der Waals surface area contributed by atoms with E-state index in [9.17, 15) is 9.90 Å². The second-order valence-corrected chi connectivity index (χ2v) is 9.31. The summed E-state index contributed by atoms with van der Waals surface area (Å²) in [4.78, 5) is 21.9. The standard InChI is InChI=1S/C21H30N4O3/c1-2-28-19-16(11-22-20(25-19)23-15-4-3-5-15)18(26)24-17-13-6-12-7-14(17)10-21(27,8-12)9-13/h11-15,17,27H,2-10H2,1H3,(H,24,26)(H,22,23,25). The van der Waals surface area contributed by atoms with Crippen LogP contribution in [0.1, 0.15) is 68.6 Å². The summed E-state index contributed by atoms with van der Waals surface area (Å²) < 4.78 is 5.66. The first-order valence-electron chi connectivity index (χ1n) is 10.8. The van der Waals surface area contributed by atoms with E-state index < -0.39 is 5.60 Å². The third-order valence-electron chi connectivity index (χ3n) is 7.26. The molecule has 1 aromatic heterocycles. The molecular formula is C21H30N4O3. The van der Waals surface area contributed by atoms with Gasteiger partial charge in [-0.15, -0.1) is 0 Å². The maximum Gasteiger partial charge on any atom is 0.258 e. The van der Waals surface area contributed by atoms with Gasteiger partial charge in [-0.05, 0) is 76.0 Å². The van der Waals surface area contributed by atoms with E-state index in [1.165, 1.54) is 6.42 Å². The monoisotopic (exact) mass is 386 g/mol. The van der Waals surface area contributed by atoms with Crippen molar-refractivity contribution >= 4 is 11.9 Å². The second-order valence-electron chi connectivity index (χ2n) is 9.31. The first-order valence-corrected chi connectivity index (χ1v) is 10.8. The maximum atomic E-state index is 13.1.